The van der Waals surface area contributed by atoms with Gasteiger partial charge in [0.1, 0.15) is 0 Å². The van der Waals surface area contributed by atoms with Crippen molar-refractivity contribution < 1.29 is 4.74 Å². The van der Waals surface area contributed by atoms with Gasteiger partial charge in [0, 0.05) is 25.4 Å². The zero-order valence-electron chi connectivity index (χ0n) is 10.5. The lowest BCUT2D eigenvalue weighted by Gasteiger charge is -2.08. The van der Waals surface area contributed by atoms with Gasteiger partial charge < -0.3 is 21.5 Å². The normalized spacial score (nSPS) is 10.4. The molecule has 0 heterocycles. The van der Waals surface area contributed by atoms with Gasteiger partial charge in [0.15, 0.2) is 0 Å². The van der Waals surface area contributed by atoms with Crippen LogP contribution in [0.25, 0.3) is 0 Å². The van der Waals surface area contributed by atoms with Crippen molar-refractivity contribution in [2.24, 2.45) is 0 Å². The smallest absolute Gasteiger partial charge is 0.0568 e. The Bertz CT molecular complexity index is 328. The van der Waals surface area contributed by atoms with Crippen molar-refractivity contribution in [2.75, 3.05) is 36.5 Å². The third-order valence-electron chi connectivity index (χ3n) is 2.52. The monoisotopic (exact) mass is 237 g/mol. The molecule has 0 bridgehead atoms. The summed E-state index contributed by atoms with van der Waals surface area (Å²) in [5.74, 6) is 0. The Morgan fingerprint density at radius 1 is 1.12 bits per heavy atom. The second-order valence-corrected chi connectivity index (χ2v) is 4.09. The lowest BCUT2D eigenvalue weighted by Crippen LogP contribution is -2.07. The van der Waals surface area contributed by atoms with Gasteiger partial charge in [-0.3, -0.25) is 0 Å². The lowest BCUT2D eigenvalue weighted by atomic mass is 10.2. The number of benzene rings is 1. The van der Waals surface area contributed by atoms with Crippen LogP contribution in [0, 0.1) is 0 Å². The molecule has 0 amide bonds. The number of nitrogens with one attached hydrogen (secondary N) is 1. The summed E-state index contributed by atoms with van der Waals surface area (Å²) in [7, 11) is 0. The summed E-state index contributed by atoms with van der Waals surface area (Å²) in [6.45, 7) is 4.72. The molecule has 0 unspecified atom stereocenters. The van der Waals surface area contributed by atoms with Gasteiger partial charge >= 0.3 is 0 Å². The number of ether oxygens (including phenoxy) is 1. The van der Waals surface area contributed by atoms with Gasteiger partial charge in [0.05, 0.1) is 11.4 Å². The molecule has 5 N–H and O–H groups in total. The fourth-order valence-corrected chi connectivity index (χ4v) is 1.44. The van der Waals surface area contributed by atoms with Crippen LogP contribution in [0.15, 0.2) is 18.2 Å². The van der Waals surface area contributed by atoms with Crippen molar-refractivity contribution in [1.82, 2.24) is 0 Å². The van der Waals surface area contributed by atoms with Crippen LogP contribution in [0.5, 0.6) is 0 Å². The molecule has 0 aromatic heterocycles. The molecular formula is C13H23N3O. The van der Waals surface area contributed by atoms with E-state index >= 15 is 0 Å². The van der Waals surface area contributed by atoms with E-state index in [4.69, 9.17) is 16.2 Å². The molecule has 17 heavy (non-hydrogen) atoms. The molecule has 0 saturated carbocycles. The molecule has 1 aromatic rings. The van der Waals surface area contributed by atoms with E-state index < -0.39 is 0 Å². The number of hydrogen-bond acceptors (Lipinski definition) is 4. The van der Waals surface area contributed by atoms with Crippen LogP contribution in [0.1, 0.15) is 26.2 Å². The highest BCUT2D eigenvalue weighted by Crippen LogP contribution is 2.19. The molecule has 0 atom stereocenters. The third-order valence-corrected chi connectivity index (χ3v) is 2.52. The van der Waals surface area contributed by atoms with Crippen molar-refractivity contribution in [3.05, 3.63) is 18.2 Å². The van der Waals surface area contributed by atoms with Crippen LogP contribution in [0.4, 0.5) is 17.1 Å². The molecule has 4 nitrogen and oxygen atoms in total. The summed E-state index contributed by atoms with van der Waals surface area (Å²) in [4.78, 5) is 0. The van der Waals surface area contributed by atoms with E-state index in [2.05, 4.69) is 12.2 Å². The van der Waals surface area contributed by atoms with E-state index in [1.807, 2.05) is 18.2 Å². The first-order valence-corrected chi connectivity index (χ1v) is 6.20. The van der Waals surface area contributed by atoms with E-state index in [0.29, 0.717) is 11.4 Å². The minimum atomic E-state index is 0.620. The Kier molecular flexibility index (Phi) is 6.25. The number of unbranched alkanes of at least 4 members (excludes halogenated alkanes) is 1. The number of nitrogen functional groups attached to an aromatic ring is 2. The first-order valence-electron chi connectivity index (χ1n) is 6.20. The summed E-state index contributed by atoms with van der Waals surface area (Å²) in [6.07, 6.45) is 3.32. The predicted molar refractivity (Wildman–Crippen MR) is 74.1 cm³/mol. The van der Waals surface area contributed by atoms with Crippen LogP contribution >= 0.6 is 0 Å². The predicted octanol–water partition coefficient (Wildman–Crippen LogP) is 2.47. The maximum absolute atomic E-state index is 5.72. The molecular weight excluding hydrogens is 214 g/mol. The van der Waals surface area contributed by atoms with Crippen LogP contribution < -0.4 is 16.8 Å². The molecule has 1 rings (SSSR count). The van der Waals surface area contributed by atoms with Gasteiger partial charge in [-0.25, -0.2) is 0 Å². The summed E-state index contributed by atoms with van der Waals surface area (Å²) < 4.78 is 5.47. The molecule has 0 saturated heterocycles. The SMILES string of the molecule is CCCCOCCCNc1ccc(N)c(N)c1. The fraction of sp³-hybridized carbons (Fsp3) is 0.538. The Labute approximate surface area is 103 Å². The molecule has 1 aromatic carbocycles. The number of nitrogens with two attached hydrogens (primary N) is 2. The highest BCUT2D eigenvalue weighted by Gasteiger charge is 1.96. The first kappa shape index (κ1) is 13.6. The van der Waals surface area contributed by atoms with Crippen LogP contribution in [-0.2, 0) is 4.74 Å². The third kappa shape index (κ3) is 5.45. The van der Waals surface area contributed by atoms with Crippen LogP contribution in [-0.4, -0.2) is 19.8 Å². The van der Waals surface area contributed by atoms with Gasteiger partial charge in [-0.1, -0.05) is 13.3 Å². The van der Waals surface area contributed by atoms with Gasteiger partial charge in [0.25, 0.3) is 0 Å². The Morgan fingerprint density at radius 2 is 1.88 bits per heavy atom. The largest absolute Gasteiger partial charge is 0.397 e. The van der Waals surface area contributed by atoms with E-state index in [1.165, 1.54) is 6.42 Å². The average Bonchev–Trinajstić information content (AvgIpc) is 2.32. The van der Waals surface area contributed by atoms with E-state index in [1.54, 1.807) is 0 Å². The van der Waals surface area contributed by atoms with E-state index in [0.717, 1.165) is 38.3 Å². The topological polar surface area (TPSA) is 73.3 Å². The molecule has 0 spiro atoms. The summed E-state index contributed by atoms with van der Waals surface area (Å²) >= 11 is 0. The van der Waals surface area contributed by atoms with Gasteiger partial charge in [-0.15, -0.1) is 0 Å². The molecule has 0 fully saturated rings. The zero-order chi connectivity index (χ0) is 12.5. The fourth-order valence-electron chi connectivity index (χ4n) is 1.44. The molecule has 0 aliphatic rings. The second kappa shape index (κ2) is 7.79. The summed E-state index contributed by atoms with van der Waals surface area (Å²) in [5, 5.41) is 3.29. The Hall–Kier alpha value is -1.42. The quantitative estimate of drug-likeness (QED) is 0.479. The van der Waals surface area contributed by atoms with Crippen molar-refractivity contribution in [2.45, 2.75) is 26.2 Å². The number of anilines is 3. The van der Waals surface area contributed by atoms with Crippen LogP contribution in [0.2, 0.25) is 0 Å². The molecule has 4 heteroatoms. The van der Waals surface area contributed by atoms with Gasteiger partial charge in [-0.05, 0) is 31.0 Å². The van der Waals surface area contributed by atoms with Gasteiger partial charge in [-0.2, -0.15) is 0 Å². The van der Waals surface area contributed by atoms with Crippen molar-refractivity contribution in [3.8, 4) is 0 Å². The Morgan fingerprint density at radius 3 is 2.59 bits per heavy atom. The van der Waals surface area contributed by atoms with Crippen molar-refractivity contribution in [1.29, 1.82) is 0 Å². The minimum Gasteiger partial charge on any atom is -0.397 e. The molecule has 0 aliphatic carbocycles. The highest BCUT2D eigenvalue weighted by atomic mass is 16.5. The lowest BCUT2D eigenvalue weighted by molar-refractivity contribution is 0.131. The first-order chi connectivity index (χ1) is 8.24. The van der Waals surface area contributed by atoms with E-state index in [-0.39, 0.29) is 0 Å². The minimum absolute atomic E-state index is 0.620. The second-order valence-electron chi connectivity index (χ2n) is 4.09. The molecule has 0 aliphatic heterocycles. The Balaban J connectivity index is 2.11. The molecule has 0 radical (unpaired) electrons. The average molecular weight is 237 g/mol. The number of rotatable bonds is 8. The highest BCUT2D eigenvalue weighted by molar-refractivity contribution is 5.69. The van der Waals surface area contributed by atoms with E-state index in [9.17, 15) is 0 Å². The standard InChI is InChI=1S/C13H23N3O/c1-2-3-8-17-9-4-7-16-11-5-6-12(14)13(15)10-11/h5-6,10,16H,2-4,7-9,14-15H2,1H3. The maximum Gasteiger partial charge on any atom is 0.0568 e. The number of hydrogen-bond donors (Lipinski definition) is 3. The van der Waals surface area contributed by atoms with Crippen molar-refractivity contribution in [3.63, 3.8) is 0 Å². The zero-order valence-corrected chi connectivity index (χ0v) is 10.5. The molecule has 96 valence electrons. The summed E-state index contributed by atoms with van der Waals surface area (Å²) in [6, 6.07) is 5.60. The van der Waals surface area contributed by atoms with Crippen molar-refractivity contribution >= 4 is 17.1 Å². The summed E-state index contributed by atoms with van der Waals surface area (Å²) in [5.41, 5.74) is 13.6. The maximum atomic E-state index is 5.72. The van der Waals surface area contributed by atoms with Crippen LogP contribution in [0.3, 0.4) is 0 Å². The van der Waals surface area contributed by atoms with Gasteiger partial charge in [0.2, 0.25) is 0 Å².